The SMILES string of the molecule is C=Cc1cc2c(Cc3ccc(N4CC(C(P)C5=CCC(C)C=C5)CC4=O)cc3F)ccnc2cc1CCC1=CCCC=C1. The number of hydrogen-bond acceptors (Lipinski definition) is 2. The first-order chi connectivity index (χ1) is 20.9. The van der Waals surface area contributed by atoms with E-state index in [9.17, 15) is 4.79 Å². The molecule has 1 aromatic heterocycles. The van der Waals surface area contributed by atoms with Gasteiger partial charge >= 0.3 is 0 Å². The highest BCUT2D eigenvalue weighted by molar-refractivity contribution is 7.18. The number of allylic oxidation sites excluding steroid dienone is 8. The number of benzene rings is 2. The number of amides is 1. The Labute approximate surface area is 257 Å². The third-order valence-corrected chi connectivity index (χ3v) is 10.1. The summed E-state index contributed by atoms with van der Waals surface area (Å²) in [7, 11) is 2.94. The molecule has 1 aliphatic heterocycles. The molecule has 2 aliphatic carbocycles. The van der Waals surface area contributed by atoms with Crippen molar-refractivity contribution in [3.05, 3.63) is 125 Å². The van der Waals surface area contributed by atoms with Crippen molar-refractivity contribution in [2.45, 2.75) is 57.5 Å². The third-order valence-electron chi connectivity index (χ3n) is 9.19. The maximum absolute atomic E-state index is 15.6. The van der Waals surface area contributed by atoms with Crippen LogP contribution in [0, 0.1) is 17.7 Å². The first-order valence-corrected chi connectivity index (χ1v) is 16.2. The molecule has 6 rings (SSSR count). The summed E-state index contributed by atoms with van der Waals surface area (Å²) in [5, 5.41) is 1.02. The number of pyridine rings is 1. The Morgan fingerprint density at radius 2 is 1.98 bits per heavy atom. The van der Waals surface area contributed by atoms with Crippen molar-refractivity contribution in [1.82, 2.24) is 4.98 Å². The number of aryl methyl sites for hydroxylation is 1. The molecular weight excluding hydrogens is 550 g/mol. The highest BCUT2D eigenvalue weighted by atomic mass is 31.0. The molecule has 0 saturated carbocycles. The van der Waals surface area contributed by atoms with Gasteiger partial charge in [-0.25, -0.2) is 4.39 Å². The molecule has 2 aromatic carbocycles. The monoisotopic (exact) mass is 590 g/mol. The molecule has 1 amide bonds. The van der Waals surface area contributed by atoms with Gasteiger partial charge in [-0.15, -0.1) is 9.24 Å². The van der Waals surface area contributed by atoms with E-state index in [1.54, 1.807) is 4.90 Å². The average molecular weight is 591 g/mol. The fraction of sp³-hybridized carbons (Fsp3) is 0.316. The maximum atomic E-state index is 15.6. The highest BCUT2D eigenvalue weighted by Crippen LogP contribution is 2.36. The number of carbonyl (C=O) groups is 1. The van der Waals surface area contributed by atoms with Gasteiger partial charge in [0.1, 0.15) is 5.82 Å². The van der Waals surface area contributed by atoms with E-state index in [0.717, 1.165) is 54.1 Å². The molecule has 220 valence electrons. The van der Waals surface area contributed by atoms with Crippen LogP contribution in [0.4, 0.5) is 10.1 Å². The van der Waals surface area contributed by atoms with E-state index < -0.39 is 0 Å². The largest absolute Gasteiger partial charge is 0.312 e. The molecule has 3 nitrogen and oxygen atoms in total. The van der Waals surface area contributed by atoms with E-state index >= 15 is 4.39 Å². The van der Waals surface area contributed by atoms with Crippen molar-refractivity contribution in [3.8, 4) is 0 Å². The lowest BCUT2D eigenvalue weighted by Crippen LogP contribution is -2.26. The zero-order valence-corrected chi connectivity index (χ0v) is 26.1. The summed E-state index contributed by atoms with van der Waals surface area (Å²) in [5.41, 5.74) is 8.38. The van der Waals surface area contributed by atoms with E-state index in [4.69, 9.17) is 0 Å². The van der Waals surface area contributed by atoms with Crippen molar-refractivity contribution in [2.75, 3.05) is 11.4 Å². The molecule has 1 saturated heterocycles. The Morgan fingerprint density at radius 1 is 1.09 bits per heavy atom. The van der Waals surface area contributed by atoms with Crippen LogP contribution >= 0.6 is 9.24 Å². The summed E-state index contributed by atoms with van der Waals surface area (Å²) >= 11 is 0. The lowest BCUT2D eigenvalue weighted by atomic mass is 9.91. The van der Waals surface area contributed by atoms with Crippen LogP contribution in [0.2, 0.25) is 0 Å². The quantitative estimate of drug-likeness (QED) is 0.233. The molecule has 1 fully saturated rings. The van der Waals surface area contributed by atoms with Crippen LogP contribution in [0.5, 0.6) is 0 Å². The van der Waals surface area contributed by atoms with Crippen molar-refractivity contribution < 1.29 is 9.18 Å². The molecule has 0 spiro atoms. The van der Waals surface area contributed by atoms with Crippen LogP contribution in [-0.4, -0.2) is 23.1 Å². The number of rotatable bonds is 9. The van der Waals surface area contributed by atoms with Crippen molar-refractivity contribution in [2.24, 2.45) is 11.8 Å². The fourth-order valence-corrected chi connectivity index (χ4v) is 7.05. The zero-order chi connectivity index (χ0) is 29.9. The normalized spacial score (nSPS) is 20.8. The van der Waals surface area contributed by atoms with Gasteiger partial charge < -0.3 is 4.90 Å². The molecule has 4 atom stereocenters. The summed E-state index contributed by atoms with van der Waals surface area (Å²) < 4.78 is 15.6. The highest BCUT2D eigenvalue weighted by Gasteiger charge is 2.35. The second-order valence-corrected chi connectivity index (χ2v) is 12.9. The summed E-state index contributed by atoms with van der Waals surface area (Å²) in [5.74, 6) is 0.514. The number of hydrogen-bond donors (Lipinski definition) is 0. The van der Waals surface area contributed by atoms with Crippen LogP contribution in [0.25, 0.3) is 17.0 Å². The van der Waals surface area contributed by atoms with E-state index in [2.05, 4.69) is 76.3 Å². The smallest absolute Gasteiger partial charge is 0.227 e. The lowest BCUT2D eigenvalue weighted by Gasteiger charge is -2.23. The third kappa shape index (κ3) is 6.50. The van der Waals surface area contributed by atoms with E-state index in [1.165, 1.54) is 22.8 Å². The van der Waals surface area contributed by atoms with Crippen LogP contribution < -0.4 is 4.90 Å². The standard InChI is InChI=1S/C38H40FN2OP/c1-3-27-20-34-30(17-18-40-36(34)21-29(27)14-11-26-7-5-4-6-8-26)19-31-15-16-33(23-35(31)39)41-24-32(22-37(41)42)38(43)28-12-9-25(2)10-13-28/h3,5,7-9,12-13,15-18,20-21,23,25,32,38H,1,4,6,10-11,14,19,22,24,43H2,2H3. The van der Waals surface area contributed by atoms with Gasteiger partial charge in [0.2, 0.25) is 5.91 Å². The van der Waals surface area contributed by atoms with Crippen LogP contribution in [0.15, 0.2) is 96.8 Å². The van der Waals surface area contributed by atoms with Gasteiger partial charge in [0.05, 0.1) is 5.52 Å². The Hall–Kier alpha value is -3.62. The Kier molecular flexibility index (Phi) is 8.86. The molecule has 0 bridgehead atoms. The topological polar surface area (TPSA) is 33.2 Å². The second-order valence-electron chi connectivity index (χ2n) is 12.2. The average Bonchev–Trinajstić information content (AvgIpc) is 3.42. The molecule has 0 N–H and O–H groups in total. The molecule has 0 radical (unpaired) electrons. The minimum atomic E-state index is -0.289. The minimum absolute atomic E-state index is 0.0574. The van der Waals surface area contributed by atoms with Gasteiger partial charge in [-0.3, -0.25) is 9.78 Å². The van der Waals surface area contributed by atoms with Gasteiger partial charge in [-0.1, -0.05) is 67.7 Å². The van der Waals surface area contributed by atoms with E-state index in [1.807, 2.05) is 30.5 Å². The van der Waals surface area contributed by atoms with E-state index in [-0.39, 0.29) is 23.3 Å². The molecular formula is C38H40FN2OP. The van der Waals surface area contributed by atoms with Crippen LogP contribution in [0.1, 0.15) is 61.3 Å². The maximum Gasteiger partial charge on any atom is 0.227 e. The van der Waals surface area contributed by atoms with E-state index in [0.29, 0.717) is 36.6 Å². The Morgan fingerprint density at radius 3 is 2.72 bits per heavy atom. The number of halogens is 1. The minimum Gasteiger partial charge on any atom is -0.312 e. The number of carbonyl (C=O) groups excluding carboxylic acids is 1. The fourth-order valence-electron chi connectivity index (χ4n) is 6.54. The van der Waals surface area contributed by atoms with Gasteiger partial charge in [-0.05, 0) is 102 Å². The first kappa shape index (κ1) is 29.5. The number of anilines is 1. The zero-order valence-electron chi connectivity index (χ0n) is 24.9. The van der Waals surface area contributed by atoms with Gasteiger partial charge in [0, 0.05) is 42.3 Å². The van der Waals surface area contributed by atoms with Gasteiger partial charge in [-0.2, -0.15) is 0 Å². The summed E-state index contributed by atoms with van der Waals surface area (Å²) in [6.07, 6.45) is 23.4. The Bertz CT molecular complexity index is 1680. The summed E-state index contributed by atoms with van der Waals surface area (Å²) in [6, 6.07) is 11.5. The molecule has 4 unspecified atom stereocenters. The van der Waals surface area contributed by atoms with Gasteiger partial charge in [0.25, 0.3) is 0 Å². The first-order valence-electron chi connectivity index (χ1n) is 15.5. The van der Waals surface area contributed by atoms with Gasteiger partial charge in [0.15, 0.2) is 0 Å². The second kappa shape index (κ2) is 12.9. The Balaban J connectivity index is 1.18. The summed E-state index contributed by atoms with van der Waals surface area (Å²) in [6.45, 7) is 6.88. The number of nitrogens with zero attached hydrogens (tertiary/aromatic N) is 2. The molecule has 3 aromatic rings. The number of fused-ring (bicyclic) bond motifs is 1. The van der Waals surface area contributed by atoms with Crippen molar-refractivity contribution in [1.29, 1.82) is 0 Å². The van der Waals surface area contributed by atoms with Crippen molar-refractivity contribution >= 4 is 37.8 Å². The molecule has 43 heavy (non-hydrogen) atoms. The number of aromatic nitrogens is 1. The van der Waals surface area contributed by atoms with Crippen LogP contribution in [0.3, 0.4) is 0 Å². The van der Waals surface area contributed by atoms with Crippen molar-refractivity contribution in [3.63, 3.8) is 0 Å². The molecule has 3 aliphatic rings. The molecule has 2 heterocycles. The lowest BCUT2D eigenvalue weighted by molar-refractivity contribution is -0.117. The predicted octanol–water partition coefficient (Wildman–Crippen LogP) is 8.94. The predicted molar refractivity (Wildman–Crippen MR) is 181 cm³/mol. The summed E-state index contributed by atoms with van der Waals surface area (Å²) in [4.78, 5) is 19.4. The van der Waals surface area contributed by atoms with Crippen LogP contribution in [-0.2, 0) is 17.6 Å². The molecule has 5 heteroatoms.